The molecule has 1 aromatic carbocycles. The van der Waals surface area contributed by atoms with Gasteiger partial charge in [-0.05, 0) is 43.7 Å². The van der Waals surface area contributed by atoms with E-state index < -0.39 is 29.4 Å². The molecule has 3 nitrogen and oxygen atoms in total. The van der Waals surface area contributed by atoms with Crippen LogP contribution >= 0.6 is 0 Å². The minimum atomic E-state index is -1.21. The Bertz CT molecular complexity index is 668. The van der Waals surface area contributed by atoms with Crippen molar-refractivity contribution in [2.75, 3.05) is 13.1 Å². The maximum Gasteiger partial charge on any atom is 0.249 e. The van der Waals surface area contributed by atoms with E-state index in [1.165, 1.54) is 0 Å². The van der Waals surface area contributed by atoms with Crippen LogP contribution in [0.1, 0.15) is 43.6 Å². The number of nitrogens with zero attached hydrogens (tertiary/aromatic N) is 1. The van der Waals surface area contributed by atoms with Gasteiger partial charge < -0.3 is 10.6 Å². The Kier molecular flexibility index (Phi) is 4.94. The van der Waals surface area contributed by atoms with Gasteiger partial charge in [0.15, 0.2) is 11.6 Å². The Morgan fingerprint density at radius 2 is 1.71 bits per heavy atom. The molecule has 0 aromatic heterocycles. The molecule has 2 aliphatic rings. The molecule has 6 heteroatoms. The second kappa shape index (κ2) is 6.97. The SMILES string of the molecule is N[C@H]1CC(C(=O)N2CCCCC2)=CC[C@@H]1c1cc(F)c(F)cc1F. The average Bonchev–Trinajstić information content (AvgIpc) is 2.58. The molecule has 0 saturated carbocycles. The number of allylic oxidation sites excluding steroid dienone is 1. The van der Waals surface area contributed by atoms with E-state index in [1.54, 1.807) is 6.08 Å². The molecular weight excluding hydrogens is 317 g/mol. The number of rotatable bonds is 2. The van der Waals surface area contributed by atoms with Gasteiger partial charge in [0.2, 0.25) is 5.91 Å². The second-order valence-corrected chi connectivity index (χ2v) is 6.58. The zero-order valence-corrected chi connectivity index (χ0v) is 13.4. The zero-order valence-electron chi connectivity index (χ0n) is 13.4. The standard InChI is InChI=1S/C18H21F3N2O/c19-14-10-16(21)15(20)9-13(14)12-5-4-11(8-17(12)22)18(24)23-6-2-1-3-7-23/h4,9-10,12,17H,1-3,5-8,22H2/t12-,17+/m1/s1. The number of likely N-dealkylation sites (tertiary alicyclic amines) is 1. The highest BCUT2D eigenvalue weighted by Crippen LogP contribution is 2.34. The molecule has 1 fully saturated rings. The first kappa shape index (κ1) is 17.0. The molecule has 1 aliphatic carbocycles. The van der Waals surface area contributed by atoms with Crippen molar-refractivity contribution in [3.8, 4) is 0 Å². The van der Waals surface area contributed by atoms with Crippen molar-refractivity contribution in [1.82, 2.24) is 4.90 Å². The van der Waals surface area contributed by atoms with Crippen LogP contribution in [0.4, 0.5) is 13.2 Å². The first-order chi connectivity index (χ1) is 11.5. The van der Waals surface area contributed by atoms with Crippen LogP contribution in [-0.2, 0) is 4.79 Å². The Morgan fingerprint density at radius 3 is 2.38 bits per heavy atom. The molecule has 3 rings (SSSR count). The van der Waals surface area contributed by atoms with Crippen molar-refractivity contribution in [3.05, 3.63) is 46.8 Å². The summed E-state index contributed by atoms with van der Waals surface area (Å²) in [4.78, 5) is 14.4. The summed E-state index contributed by atoms with van der Waals surface area (Å²) in [5, 5.41) is 0. The molecule has 0 bridgehead atoms. The predicted molar refractivity (Wildman–Crippen MR) is 84.8 cm³/mol. The number of piperidine rings is 1. The van der Waals surface area contributed by atoms with Gasteiger partial charge in [-0.1, -0.05) is 6.08 Å². The molecular formula is C18H21F3N2O. The van der Waals surface area contributed by atoms with Crippen LogP contribution in [-0.4, -0.2) is 29.9 Å². The highest BCUT2D eigenvalue weighted by molar-refractivity contribution is 5.93. The monoisotopic (exact) mass is 338 g/mol. The van der Waals surface area contributed by atoms with E-state index in [2.05, 4.69) is 0 Å². The fraction of sp³-hybridized carbons (Fsp3) is 0.500. The third-order valence-corrected chi connectivity index (χ3v) is 4.95. The van der Waals surface area contributed by atoms with Crippen LogP contribution < -0.4 is 5.73 Å². The Morgan fingerprint density at radius 1 is 1.04 bits per heavy atom. The molecule has 0 unspecified atom stereocenters. The van der Waals surface area contributed by atoms with E-state index in [0.29, 0.717) is 24.5 Å². The fourth-order valence-electron chi connectivity index (χ4n) is 3.58. The molecule has 2 N–H and O–H groups in total. The maximum absolute atomic E-state index is 14.0. The number of hydrogen-bond acceptors (Lipinski definition) is 2. The van der Waals surface area contributed by atoms with E-state index in [9.17, 15) is 18.0 Å². The van der Waals surface area contributed by atoms with Crippen molar-refractivity contribution in [1.29, 1.82) is 0 Å². The summed E-state index contributed by atoms with van der Waals surface area (Å²) in [6.07, 6.45) is 5.59. The fourth-order valence-corrected chi connectivity index (χ4v) is 3.58. The smallest absolute Gasteiger partial charge is 0.249 e. The molecule has 1 aromatic rings. The van der Waals surface area contributed by atoms with Crippen LogP contribution in [0.25, 0.3) is 0 Å². The highest BCUT2D eigenvalue weighted by Gasteiger charge is 2.31. The molecule has 2 atom stereocenters. The van der Waals surface area contributed by atoms with E-state index in [0.717, 1.165) is 38.4 Å². The Hall–Kier alpha value is -1.82. The number of nitrogens with two attached hydrogens (primary N) is 1. The molecule has 0 spiro atoms. The third-order valence-electron chi connectivity index (χ3n) is 4.95. The summed E-state index contributed by atoms with van der Waals surface area (Å²) in [5.41, 5.74) is 6.84. The zero-order chi connectivity index (χ0) is 17.3. The van der Waals surface area contributed by atoms with Gasteiger partial charge in [-0.2, -0.15) is 0 Å². The van der Waals surface area contributed by atoms with Crippen LogP contribution in [0.2, 0.25) is 0 Å². The molecule has 24 heavy (non-hydrogen) atoms. The third kappa shape index (κ3) is 3.34. The van der Waals surface area contributed by atoms with Crippen LogP contribution in [0.3, 0.4) is 0 Å². The second-order valence-electron chi connectivity index (χ2n) is 6.58. The summed E-state index contributed by atoms with van der Waals surface area (Å²) < 4.78 is 40.5. The van der Waals surface area contributed by atoms with E-state index in [-0.39, 0.29) is 11.5 Å². The van der Waals surface area contributed by atoms with E-state index in [4.69, 9.17) is 5.73 Å². The van der Waals surface area contributed by atoms with Gasteiger partial charge in [0.05, 0.1) is 0 Å². The van der Waals surface area contributed by atoms with Gasteiger partial charge in [-0.3, -0.25) is 4.79 Å². The van der Waals surface area contributed by atoms with E-state index in [1.807, 2.05) is 4.90 Å². The molecule has 1 saturated heterocycles. The van der Waals surface area contributed by atoms with E-state index >= 15 is 0 Å². The van der Waals surface area contributed by atoms with Crippen molar-refractivity contribution < 1.29 is 18.0 Å². The Labute approximate surface area is 139 Å². The van der Waals surface area contributed by atoms with Crippen molar-refractivity contribution in [2.45, 2.75) is 44.1 Å². The lowest BCUT2D eigenvalue weighted by molar-refractivity contribution is -0.128. The number of carbonyl (C=O) groups excluding carboxylic acids is 1. The number of hydrogen-bond donors (Lipinski definition) is 1. The maximum atomic E-state index is 14.0. The van der Waals surface area contributed by atoms with Crippen molar-refractivity contribution in [2.24, 2.45) is 5.73 Å². The number of carbonyl (C=O) groups is 1. The van der Waals surface area contributed by atoms with Crippen molar-refractivity contribution >= 4 is 5.91 Å². The number of amides is 1. The van der Waals surface area contributed by atoms with Gasteiger partial charge in [0, 0.05) is 36.7 Å². The first-order valence-electron chi connectivity index (χ1n) is 8.35. The molecule has 0 radical (unpaired) electrons. The molecule has 1 aliphatic heterocycles. The number of halogens is 3. The predicted octanol–water partition coefficient (Wildman–Crippen LogP) is 3.25. The lowest BCUT2D eigenvalue weighted by Crippen LogP contribution is -2.40. The largest absolute Gasteiger partial charge is 0.339 e. The molecule has 1 heterocycles. The summed E-state index contributed by atoms with van der Waals surface area (Å²) in [5.74, 6) is -3.56. The normalized spacial score (nSPS) is 24.7. The van der Waals surface area contributed by atoms with Gasteiger partial charge in [0.25, 0.3) is 0 Å². The van der Waals surface area contributed by atoms with Gasteiger partial charge in [-0.15, -0.1) is 0 Å². The van der Waals surface area contributed by atoms with Crippen molar-refractivity contribution in [3.63, 3.8) is 0 Å². The summed E-state index contributed by atoms with van der Waals surface area (Å²) in [6, 6.07) is 0.925. The van der Waals surface area contributed by atoms with Gasteiger partial charge >= 0.3 is 0 Å². The highest BCUT2D eigenvalue weighted by atomic mass is 19.2. The lowest BCUT2D eigenvalue weighted by Gasteiger charge is -2.32. The number of benzene rings is 1. The van der Waals surface area contributed by atoms with Gasteiger partial charge in [0.1, 0.15) is 5.82 Å². The first-order valence-corrected chi connectivity index (χ1v) is 8.35. The quantitative estimate of drug-likeness (QED) is 0.842. The minimum Gasteiger partial charge on any atom is -0.339 e. The summed E-state index contributed by atoms with van der Waals surface area (Å²) in [7, 11) is 0. The van der Waals surface area contributed by atoms with Crippen LogP contribution in [0.5, 0.6) is 0 Å². The average molecular weight is 338 g/mol. The van der Waals surface area contributed by atoms with Gasteiger partial charge in [-0.25, -0.2) is 13.2 Å². The van der Waals surface area contributed by atoms with Crippen LogP contribution in [0.15, 0.2) is 23.8 Å². The minimum absolute atomic E-state index is 0.00522. The molecule has 1 amide bonds. The summed E-state index contributed by atoms with van der Waals surface area (Å²) in [6.45, 7) is 1.51. The lowest BCUT2D eigenvalue weighted by atomic mass is 9.80. The topological polar surface area (TPSA) is 46.3 Å². The molecule has 130 valence electrons. The van der Waals surface area contributed by atoms with Crippen LogP contribution in [0, 0.1) is 17.5 Å². The Balaban J connectivity index is 1.77. The summed E-state index contributed by atoms with van der Waals surface area (Å²) >= 11 is 0.